The Kier molecular flexibility index (Phi) is 6.90. The first-order valence-electron chi connectivity index (χ1n) is 8.92. The molecule has 3 aromatic rings. The highest BCUT2D eigenvalue weighted by Gasteiger charge is 2.03. The van der Waals surface area contributed by atoms with Gasteiger partial charge in [-0.1, -0.05) is 44.2 Å². The molecule has 0 radical (unpaired) electrons. The topological polar surface area (TPSA) is 84.6 Å². The molecule has 1 aromatic heterocycles. The lowest BCUT2D eigenvalue weighted by Crippen LogP contribution is -1.95. The van der Waals surface area contributed by atoms with E-state index in [4.69, 9.17) is 0 Å². The molecule has 0 amide bonds. The third-order valence-electron chi connectivity index (χ3n) is 3.61. The summed E-state index contributed by atoms with van der Waals surface area (Å²) in [4.78, 5) is 9.70. The highest BCUT2D eigenvalue weighted by molar-refractivity contribution is 7.99. The summed E-state index contributed by atoms with van der Waals surface area (Å²) in [6.07, 6.45) is 7.15. The highest BCUT2D eigenvalue weighted by atomic mass is 32.2. The van der Waals surface area contributed by atoms with Gasteiger partial charge in [0.25, 0.3) is 0 Å². The van der Waals surface area contributed by atoms with Crippen LogP contribution in [0.3, 0.4) is 0 Å². The number of hydrogen-bond acceptors (Lipinski definition) is 5. The van der Waals surface area contributed by atoms with E-state index < -0.39 is 10.2 Å². The van der Waals surface area contributed by atoms with Gasteiger partial charge in [0.2, 0.25) is 0 Å². The minimum Gasteiger partial charge on any atom is -0.252 e. The summed E-state index contributed by atoms with van der Waals surface area (Å²) in [6.45, 7) is 4.29. The monoisotopic (exact) mass is 424 g/mol. The number of aromatic nitrogens is 2. The number of rotatable bonds is 7. The number of nitrogens with zero attached hydrogens (tertiary/aromatic N) is 4. The van der Waals surface area contributed by atoms with E-state index in [0.29, 0.717) is 16.5 Å². The molecule has 148 valence electrons. The van der Waals surface area contributed by atoms with Crippen LogP contribution in [0.2, 0.25) is 0 Å². The van der Waals surface area contributed by atoms with Crippen molar-refractivity contribution in [3.05, 3.63) is 72.1 Å². The fourth-order valence-electron chi connectivity index (χ4n) is 2.38. The Labute approximate surface area is 174 Å². The van der Waals surface area contributed by atoms with Crippen molar-refractivity contribution in [2.24, 2.45) is 8.80 Å². The number of allylic oxidation sites excluding steroid dienone is 1. The van der Waals surface area contributed by atoms with Crippen molar-refractivity contribution in [3.63, 3.8) is 0 Å². The van der Waals surface area contributed by atoms with Gasteiger partial charge in [-0.2, -0.15) is 12.8 Å². The van der Waals surface area contributed by atoms with E-state index in [1.165, 1.54) is 17.3 Å². The Balaban J connectivity index is 1.62. The molecule has 6 nitrogen and oxygen atoms in total. The first kappa shape index (κ1) is 20.9. The lowest BCUT2D eigenvalue weighted by Gasteiger charge is -2.04. The van der Waals surface area contributed by atoms with Crippen LogP contribution in [0.1, 0.15) is 25.1 Å². The maximum Gasteiger partial charge on any atom is 0.362 e. The molecule has 0 saturated heterocycles. The smallest absolute Gasteiger partial charge is 0.252 e. The maximum absolute atomic E-state index is 11.9. The maximum atomic E-state index is 11.9. The van der Waals surface area contributed by atoms with Crippen molar-refractivity contribution in [3.8, 4) is 0 Å². The summed E-state index contributed by atoms with van der Waals surface area (Å²) in [5, 5.41) is 0.523. The summed E-state index contributed by atoms with van der Waals surface area (Å²) in [5.41, 5.74) is 2.69. The van der Waals surface area contributed by atoms with Crippen LogP contribution in [-0.2, 0) is 10.2 Å². The Morgan fingerprint density at radius 2 is 1.72 bits per heavy atom. The van der Waals surface area contributed by atoms with Gasteiger partial charge in [0.15, 0.2) is 0 Å². The second-order valence-electron chi connectivity index (χ2n) is 6.32. The van der Waals surface area contributed by atoms with E-state index in [1.807, 2.05) is 42.5 Å². The molecule has 0 bridgehead atoms. The van der Waals surface area contributed by atoms with Gasteiger partial charge in [0.05, 0.1) is 23.4 Å². The van der Waals surface area contributed by atoms with Crippen molar-refractivity contribution in [1.82, 2.24) is 9.97 Å². The van der Waals surface area contributed by atoms with Crippen LogP contribution in [-0.4, -0.2) is 36.1 Å². The molecule has 0 aliphatic carbocycles. The van der Waals surface area contributed by atoms with Gasteiger partial charge in [0.1, 0.15) is 5.69 Å². The summed E-state index contributed by atoms with van der Waals surface area (Å²) in [5.74, 6) is 0. The van der Waals surface area contributed by atoms with E-state index in [-0.39, 0.29) is 0 Å². The largest absolute Gasteiger partial charge is 0.362 e. The second-order valence-corrected chi connectivity index (χ2v) is 9.28. The van der Waals surface area contributed by atoms with Crippen LogP contribution >= 0.6 is 11.8 Å². The standard InChI is InChI=1S/C21H20N4O2S2/c1-16(2)28-19-11-9-17(10-12-19)6-5-13-23-29(26,27)24-15-18-14-22-20-7-3-4-8-21(20)25-18/h3-16H,1-2H3. The van der Waals surface area contributed by atoms with Crippen LogP contribution in [0, 0.1) is 0 Å². The Morgan fingerprint density at radius 1 is 1.00 bits per heavy atom. The molecule has 0 aliphatic heterocycles. The van der Waals surface area contributed by atoms with E-state index in [0.717, 1.165) is 17.3 Å². The minimum atomic E-state index is -3.99. The van der Waals surface area contributed by atoms with Crippen LogP contribution in [0.5, 0.6) is 0 Å². The van der Waals surface area contributed by atoms with Crippen LogP contribution < -0.4 is 0 Å². The van der Waals surface area contributed by atoms with Crippen molar-refractivity contribution in [2.45, 2.75) is 24.0 Å². The van der Waals surface area contributed by atoms with Crippen LogP contribution in [0.4, 0.5) is 0 Å². The lowest BCUT2D eigenvalue weighted by atomic mass is 10.2. The average molecular weight is 425 g/mol. The quantitative estimate of drug-likeness (QED) is 0.409. The molecule has 8 heteroatoms. The summed E-state index contributed by atoms with van der Waals surface area (Å²) >= 11 is 1.79. The second kappa shape index (κ2) is 9.58. The Morgan fingerprint density at radius 3 is 2.45 bits per heavy atom. The van der Waals surface area contributed by atoms with Gasteiger partial charge in [-0.25, -0.2) is 4.98 Å². The normalized spacial score (nSPS) is 12.8. The molecule has 0 unspecified atom stereocenters. The fraction of sp³-hybridized carbons (Fsp3) is 0.143. The van der Waals surface area contributed by atoms with E-state index >= 15 is 0 Å². The van der Waals surface area contributed by atoms with Crippen molar-refractivity contribution < 1.29 is 8.42 Å². The molecule has 0 saturated carbocycles. The van der Waals surface area contributed by atoms with Gasteiger partial charge in [-0.3, -0.25) is 4.98 Å². The number of hydrogen-bond donors (Lipinski definition) is 0. The lowest BCUT2D eigenvalue weighted by molar-refractivity contribution is 0.600. The Bertz CT molecular complexity index is 1170. The molecule has 0 spiro atoms. The SMILES string of the molecule is CC(C)Sc1ccc(C=CC=NS(=O)(=O)N=Cc2cnc3ccccc3n2)cc1. The van der Waals surface area contributed by atoms with Gasteiger partial charge in [0, 0.05) is 16.4 Å². The van der Waals surface area contributed by atoms with E-state index in [1.54, 1.807) is 30.0 Å². The predicted molar refractivity (Wildman–Crippen MR) is 121 cm³/mol. The minimum absolute atomic E-state index is 0.345. The molecule has 2 aromatic carbocycles. The zero-order valence-corrected chi connectivity index (χ0v) is 17.6. The molecule has 0 N–H and O–H groups in total. The molecule has 29 heavy (non-hydrogen) atoms. The summed E-state index contributed by atoms with van der Waals surface area (Å²) in [7, 11) is -3.99. The zero-order chi connectivity index (χ0) is 20.7. The number of para-hydroxylation sites is 2. The summed E-state index contributed by atoms with van der Waals surface area (Å²) in [6, 6.07) is 15.3. The third-order valence-corrected chi connectivity index (χ3v) is 5.38. The summed E-state index contributed by atoms with van der Waals surface area (Å²) < 4.78 is 30.9. The van der Waals surface area contributed by atoms with Gasteiger partial charge >= 0.3 is 10.2 Å². The first-order chi connectivity index (χ1) is 13.9. The van der Waals surface area contributed by atoms with Crippen molar-refractivity contribution in [1.29, 1.82) is 0 Å². The number of fused-ring (bicyclic) bond motifs is 1. The number of benzene rings is 2. The molecule has 3 rings (SSSR count). The Hall–Kier alpha value is -2.84. The van der Waals surface area contributed by atoms with Crippen molar-refractivity contribution >= 4 is 51.5 Å². The molecular weight excluding hydrogens is 404 g/mol. The highest BCUT2D eigenvalue weighted by Crippen LogP contribution is 2.23. The van der Waals surface area contributed by atoms with E-state index in [2.05, 4.69) is 32.6 Å². The fourth-order valence-corrected chi connectivity index (χ4v) is 3.73. The van der Waals surface area contributed by atoms with Gasteiger partial charge in [-0.05, 0) is 35.9 Å². The molecule has 0 aliphatic rings. The van der Waals surface area contributed by atoms with Crippen molar-refractivity contribution in [2.75, 3.05) is 0 Å². The molecular formula is C21H20N4O2S2. The average Bonchev–Trinajstić information content (AvgIpc) is 2.70. The predicted octanol–water partition coefficient (Wildman–Crippen LogP) is 4.58. The van der Waals surface area contributed by atoms with Crippen LogP contribution in [0.25, 0.3) is 17.1 Å². The number of thioether (sulfide) groups is 1. The van der Waals surface area contributed by atoms with Gasteiger partial charge < -0.3 is 0 Å². The third kappa shape index (κ3) is 6.62. The zero-order valence-electron chi connectivity index (χ0n) is 16.0. The molecule has 0 fully saturated rings. The molecule has 0 atom stereocenters. The molecule has 1 heterocycles. The first-order valence-corrected chi connectivity index (χ1v) is 11.2. The van der Waals surface area contributed by atoms with Gasteiger partial charge in [-0.15, -0.1) is 16.2 Å². The van der Waals surface area contributed by atoms with E-state index in [9.17, 15) is 8.42 Å². The van der Waals surface area contributed by atoms with Crippen LogP contribution in [0.15, 0.2) is 74.5 Å².